The van der Waals surface area contributed by atoms with Crippen molar-refractivity contribution in [3.8, 4) is 0 Å². The van der Waals surface area contributed by atoms with Crippen molar-refractivity contribution < 1.29 is 4.39 Å². The number of halogens is 2. The van der Waals surface area contributed by atoms with Gasteiger partial charge in [-0.15, -0.1) is 0 Å². The number of nitrogens with zero attached hydrogens (tertiary/aromatic N) is 1. The Hall–Kier alpha value is -0.960. The molecule has 0 saturated carbocycles. The van der Waals surface area contributed by atoms with E-state index < -0.39 is 0 Å². The van der Waals surface area contributed by atoms with Crippen molar-refractivity contribution in [2.24, 2.45) is 0 Å². The van der Waals surface area contributed by atoms with Crippen molar-refractivity contribution in [3.05, 3.63) is 40.2 Å². The van der Waals surface area contributed by atoms with E-state index >= 15 is 0 Å². The molecule has 78 valence electrons. The van der Waals surface area contributed by atoms with Gasteiger partial charge in [0.05, 0.1) is 5.52 Å². The molecule has 0 N–H and O–H groups in total. The smallest absolute Gasteiger partial charge is 0.125 e. The van der Waals surface area contributed by atoms with Crippen molar-refractivity contribution >= 4 is 26.8 Å². The fourth-order valence-corrected chi connectivity index (χ4v) is 2.19. The van der Waals surface area contributed by atoms with E-state index in [0.29, 0.717) is 5.52 Å². The van der Waals surface area contributed by atoms with Gasteiger partial charge in [-0.3, -0.25) is 4.98 Å². The first-order chi connectivity index (χ1) is 7.20. The molecule has 0 amide bonds. The summed E-state index contributed by atoms with van der Waals surface area (Å²) in [6, 6.07) is 6.68. The highest BCUT2D eigenvalue weighted by molar-refractivity contribution is 9.10. The minimum absolute atomic E-state index is 0.240. The normalized spacial score (nSPS) is 10.9. The van der Waals surface area contributed by atoms with Crippen LogP contribution in [0.3, 0.4) is 0 Å². The topological polar surface area (TPSA) is 12.9 Å². The molecular formula is C12H11BrFN. The van der Waals surface area contributed by atoms with Crippen LogP contribution in [-0.4, -0.2) is 4.98 Å². The predicted octanol–water partition coefficient (Wildman–Crippen LogP) is 4.09. The molecule has 0 aliphatic heterocycles. The van der Waals surface area contributed by atoms with Crippen LogP contribution in [0.2, 0.25) is 0 Å². The van der Waals surface area contributed by atoms with E-state index in [1.54, 1.807) is 6.07 Å². The summed E-state index contributed by atoms with van der Waals surface area (Å²) >= 11 is 3.48. The standard InChI is InChI=1S/C12H11BrFN/c1-2-3-9-7-11(13)10-5-4-8(14)6-12(10)15-9/h4-7H,2-3H2,1H3. The van der Waals surface area contributed by atoms with Crippen molar-refractivity contribution in [3.63, 3.8) is 0 Å². The summed E-state index contributed by atoms with van der Waals surface area (Å²) in [5, 5.41) is 0.955. The number of rotatable bonds is 2. The SMILES string of the molecule is CCCc1cc(Br)c2ccc(F)cc2n1. The molecule has 0 spiro atoms. The molecule has 0 unspecified atom stereocenters. The number of hydrogen-bond donors (Lipinski definition) is 0. The number of aromatic nitrogens is 1. The minimum Gasteiger partial charge on any atom is -0.253 e. The van der Waals surface area contributed by atoms with Gasteiger partial charge in [-0.05, 0) is 24.6 Å². The molecule has 1 aromatic heterocycles. The Bertz CT molecular complexity index is 496. The van der Waals surface area contributed by atoms with E-state index in [4.69, 9.17) is 0 Å². The van der Waals surface area contributed by atoms with Gasteiger partial charge in [0.15, 0.2) is 0 Å². The maximum Gasteiger partial charge on any atom is 0.125 e. The molecular weight excluding hydrogens is 257 g/mol. The quantitative estimate of drug-likeness (QED) is 0.799. The number of aryl methyl sites for hydroxylation is 1. The minimum atomic E-state index is -0.240. The van der Waals surface area contributed by atoms with Crippen molar-refractivity contribution in [1.82, 2.24) is 4.98 Å². The summed E-state index contributed by atoms with van der Waals surface area (Å²) in [7, 11) is 0. The van der Waals surface area contributed by atoms with E-state index in [2.05, 4.69) is 27.8 Å². The van der Waals surface area contributed by atoms with Crippen LogP contribution in [0.5, 0.6) is 0 Å². The molecule has 1 aromatic carbocycles. The zero-order valence-electron chi connectivity index (χ0n) is 8.43. The predicted molar refractivity (Wildman–Crippen MR) is 63.4 cm³/mol. The van der Waals surface area contributed by atoms with Crippen molar-refractivity contribution in [2.75, 3.05) is 0 Å². The Morgan fingerprint density at radius 2 is 2.13 bits per heavy atom. The third-order valence-corrected chi connectivity index (χ3v) is 2.94. The van der Waals surface area contributed by atoms with E-state index in [1.165, 1.54) is 12.1 Å². The molecule has 0 fully saturated rings. The maximum atomic E-state index is 13.0. The fourth-order valence-electron chi connectivity index (χ4n) is 1.59. The molecule has 0 bridgehead atoms. The highest BCUT2D eigenvalue weighted by Gasteiger charge is 2.04. The van der Waals surface area contributed by atoms with Crippen molar-refractivity contribution in [2.45, 2.75) is 19.8 Å². The van der Waals surface area contributed by atoms with Crippen LogP contribution in [0.25, 0.3) is 10.9 Å². The van der Waals surface area contributed by atoms with Gasteiger partial charge in [-0.25, -0.2) is 4.39 Å². The van der Waals surface area contributed by atoms with E-state index in [-0.39, 0.29) is 5.82 Å². The summed E-state index contributed by atoms with van der Waals surface area (Å²) in [5.74, 6) is -0.240. The molecule has 0 saturated heterocycles. The van der Waals surface area contributed by atoms with Gasteiger partial charge in [-0.1, -0.05) is 29.3 Å². The molecule has 1 nitrogen and oxygen atoms in total. The summed E-state index contributed by atoms with van der Waals surface area (Å²) in [5.41, 5.74) is 1.72. The summed E-state index contributed by atoms with van der Waals surface area (Å²) < 4.78 is 14.0. The molecule has 0 atom stereocenters. The third kappa shape index (κ3) is 2.17. The third-order valence-electron chi connectivity index (χ3n) is 2.28. The molecule has 0 aliphatic rings. The second-order valence-corrected chi connectivity index (χ2v) is 4.36. The van der Waals surface area contributed by atoms with Gasteiger partial charge in [0.25, 0.3) is 0 Å². The summed E-state index contributed by atoms with van der Waals surface area (Å²) in [6.07, 6.45) is 1.96. The lowest BCUT2D eigenvalue weighted by Gasteiger charge is -2.04. The van der Waals surface area contributed by atoms with Gasteiger partial charge in [0, 0.05) is 21.6 Å². The maximum absolute atomic E-state index is 13.0. The van der Waals surface area contributed by atoms with Crippen LogP contribution in [0, 0.1) is 5.82 Å². The number of fused-ring (bicyclic) bond motifs is 1. The van der Waals surface area contributed by atoms with Crippen LogP contribution in [-0.2, 0) is 6.42 Å². The molecule has 2 aromatic rings. The van der Waals surface area contributed by atoms with Crippen molar-refractivity contribution in [1.29, 1.82) is 0 Å². The van der Waals surface area contributed by atoms with E-state index in [9.17, 15) is 4.39 Å². The molecule has 3 heteroatoms. The lowest BCUT2D eigenvalue weighted by atomic mass is 10.1. The Labute approximate surface area is 96.5 Å². The lowest BCUT2D eigenvalue weighted by molar-refractivity contribution is 0.629. The van der Waals surface area contributed by atoms with Gasteiger partial charge < -0.3 is 0 Å². The van der Waals surface area contributed by atoms with Crippen LogP contribution < -0.4 is 0 Å². The Balaban J connectivity index is 2.63. The number of pyridine rings is 1. The first kappa shape index (κ1) is 10.6. The van der Waals surface area contributed by atoms with Gasteiger partial charge in [0.2, 0.25) is 0 Å². The van der Waals surface area contributed by atoms with Crippen LogP contribution in [0.1, 0.15) is 19.0 Å². The van der Waals surface area contributed by atoms with E-state index in [1.807, 2.05) is 6.07 Å². The average molecular weight is 268 g/mol. The van der Waals surface area contributed by atoms with Crippen LogP contribution in [0.15, 0.2) is 28.7 Å². The van der Waals surface area contributed by atoms with E-state index in [0.717, 1.165) is 28.4 Å². The highest BCUT2D eigenvalue weighted by atomic mass is 79.9. The highest BCUT2D eigenvalue weighted by Crippen LogP contribution is 2.24. The number of hydrogen-bond acceptors (Lipinski definition) is 1. The van der Waals surface area contributed by atoms with Crippen LogP contribution >= 0.6 is 15.9 Å². The fraction of sp³-hybridized carbons (Fsp3) is 0.250. The Morgan fingerprint density at radius 1 is 1.33 bits per heavy atom. The van der Waals surface area contributed by atoms with Gasteiger partial charge >= 0.3 is 0 Å². The first-order valence-electron chi connectivity index (χ1n) is 4.95. The first-order valence-corrected chi connectivity index (χ1v) is 5.74. The molecule has 0 aliphatic carbocycles. The Kier molecular flexibility index (Phi) is 3.00. The summed E-state index contributed by atoms with van der Waals surface area (Å²) in [6.45, 7) is 2.10. The average Bonchev–Trinajstić information content (AvgIpc) is 2.17. The monoisotopic (exact) mass is 267 g/mol. The van der Waals surface area contributed by atoms with Gasteiger partial charge in [-0.2, -0.15) is 0 Å². The molecule has 0 radical (unpaired) electrons. The summed E-state index contributed by atoms with van der Waals surface area (Å²) in [4.78, 5) is 4.42. The Morgan fingerprint density at radius 3 is 2.87 bits per heavy atom. The molecule has 2 rings (SSSR count). The molecule has 1 heterocycles. The largest absolute Gasteiger partial charge is 0.253 e. The molecule has 15 heavy (non-hydrogen) atoms. The van der Waals surface area contributed by atoms with Gasteiger partial charge in [0.1, 0.15) is 5.82 Å². The second kappa shape index (κ2) is 4.27. The zero-order valence-corrected chi connectivity index (χ0v) is 10.0. The number of benzene rings is 1. The van der Waals surface area contributed by atoms with Crippen LogP contribution in [0.4, 0.5) is 4.39 Å². The lowest BCUT2D eigenvalue weighted by Crippen LogP contribution is -1.91. The zero-order chi connectivity index (χ0) is 10.8. The second-order valence-electron chi connectivity index (χ2n) is 3.51.